The molecule has 9 heteroatoms. The molecule has 0 bridgehead atoms. The fourth-order valence-electron chi connectivity index (χ4n) is 2.65. The van der Waals surface area contributed by atoms with Gasteiger partial charge in [-0.1, -0.05) is 11.8 Å². The first-order chi connectivity index (χ1) is 15.7. The molecule has 0 aliphatic carbocycles. The minimum absolute atomic E-state index is 0.0797. The second-order valence-electron chi connectivity index (χ2n) is 7.70. The van der Waals surface area contributed by atoms with Gasteiger partial charge in [-0.2, -0.15) is 0 Å². The first kappa shape index (κ1) is 25.5. The van der Waals surface area contributed by atoms with Gasteiger partial charge in [-0.15, -0.1) is 0 Å². The number of nitrogens with zero attached hydrogens (tertiary/aromatic N) is 1. The number of benzene rings is 2. The third-order valence-electron chi connectivity index (χ3n) is 4.91. The van der Waals surface area contributed by atoms with Crippen LogP contribution >= 0.6 is 0 Å². The zero-order valence-corrected chi connectivity index (χ0v) is 18.9. The Balaban J connectivity index is 1.96. The second kappa shape index (κ2) is 12.4. The summed E-state index contributed by atoms with van der Waals surface area (Å²) in [6, 6.07) is 13.0. The average molecular weight is 452 g/mol. The van der Waals surface area contributed by atoms with Gasteiger partial charge in [-0.25, -0.2) is 5.48 Å². The standard InChI is InChI=1S/C24H29N5O4/c1-16(2)29(3)15-22(30)26-20-12-8-18(9-13-20)5-4-17-6-10-19(11-7-17)23(31)27-21(14-25)24(32)28-33/h6-13,16,21,33H,14-15,25H2,1-3H3,(H,26,30)(H,27,31)(H,28,32)/t21-/m0/s1. The highest BCUT2D eigenvalue weighted by atomic mass is 16.5. The lowest BCUT2D eigenvalue weighted by Crippen LogP contribution is -2.50. The van der Waals surface area contributed by atoms with Crippen LogP contribution in [0, 0.1) is 11.8 Å². The molecule has 0 aliphatic rings. The number of carbonyl (C=O) groups excluding carboxylic acids is 3. The molecule has 0 saturated carbocycles. The maximum Gasteiger partial charge on any atom is 0.267 e. The maximum absolute atomic E-state index is 12.2. The van der Waals surface area contributed by atoms with Crippen molar-refractivity contribution in [3.63, 3.8) is 0 Å². The zero-order valence-electron chi connectivity index (χ0n) is 18.9. The fourth-order valence-corrected chi connectivity index (χ4v) is 2.65. The van der Waals surface area contributed by atoms with Crippen molar-refractivity contribution in [2.24, 2.45) is 5.73 Å². The maximum atomic E-state index is 12.2. The van der Waals surface area contributed by atoms with Gasteiger partial charge in [0.05, 0.1) is 6.54 Å². The summed E-state index contributed by atoms with van der Waals surface area (Å²) in [6.07, 6.45) is 0. The van der Waals surface area contributed by atoms with Crippen LogP contribution in [0.5, 0.6) is 0 Å². The van der Waals surface area contributed by atoms with Gasteiger partial charge < -0.3 is 16.4 Å². The van der Waals surface area contributed by atoms with Crippen molar-refractivity contribution in [2.75, 3.05) is 25.5 Å². The Labute approximate surface area is 193 Å². The molecule has 0 aromatic heterocycles. The number of carbonyl (C=O) groups is 3. The van der Waals surface area contributed by atoms with Crippen LogP contribution in [0.1, 0.15) is 35.3 Å². The summed E-state index contributed by atoms with van der Waals surface area (Å²) in [4.78, 5) is 37.7. The van der Waals surface area contributed by atoms with Crippen LogP contribution < -0.4 is 21.8 Å². The SMILES string of the molecule is CC(C)N(C)CC(=O)Nc1ccc(C#Cc2ccc(C(=O)N[C@@H](CN)C(=O)NO)cc2)cc1. The molecule has 174 valence electrons. The van der Waals surface area contributed by atoms with E-state index in [1.54, 1.807) is 36.4 Å². The lowest BCUT2D eigenvalue weighted by molar-refractivity contribution is -0.130. The van der Waals surface area contributed by atoms with E-state index in [0.717, 1.165) is 5.56 Å². The number of amides is 3. The number of nitrogens with two attached hydrogens (primary N) is 1. The van der Waals surface area contributed by atoms with Crippen LogP contribution in [0.15, 0.2) is 48.5 Å². The average Bonchev–Trinajstić information content (AvgIpc) is 2.81. The van der Waals surface area contributed by atoms with Crippen molar-refractivity contribution < 1.29 is 19.6 Å². The molecule has 0 radical (unpaired) electrons. The normalized spacial score (nSPS) is 11.4. The van der Waals surface area contributed by atoms with Crippen LogP contribution in [-0.4, -0.2) is 60.0 Å². The van der Waals surface area contributed by atoms with Gasteiger partial charge in [0.2, 0.25) is 5.91 Å². The van der Waals surface area contributed by atoms with Crippen molar-refractivity contribution in [3.8, 4) is 11.8 Å². The minimum atomic E-state index is -1.04. The van der Waals surface area contributed by atoms with Crippen LogP contribution in [-0.2, 0) is 9.59 Å². The summed E-state index contributed by atoms with van der Waals surface area (Å²) < 4.78 is 0. The number of rotatable bonds is 8. The first-order valence-corrected chi connectivity index (χ1v) is 10.4. The van der Waals surface area contributed by atoms with E-state index in [-0.39, 0.29) is 18.5 Å². The highest BCUT2D eigenvalue weighted by Crippen LogP contribution is 2.10. The van der Waals surface area contributed by atoms with Gasteiger partial charge in [0.25, 0.3) is 11.8 Å². The Morgan fingerprint density at radius 3 is 2.03 bits per heavy atom. The van der Waals surface area contributed by atoms with E-state index in [0.29, 0.717) is 23.4 Å². The summed E-state index contributed by atoms with van der Waals surface area (Å²) in [5.41, 5.74) is 9.39. The van der Waals surface area contributed by atoms with Gasteiger partial charge in [-0.05, 0) is 69.4 Å². The Morgan fingerprint density at radius 1 is 1.00 bits per heavy atom. The molecule has 0 saturated heterocycles. The van der Waals surface area contributed by atoms with Crippen LogP contribution in [0.2, 0.25) is 0 Å². The van der Waals surface area contributed by atoms with Crippen LogP contribution in [0.4, 0.5) is 5.69 Å². The van der Waals surface area contributed by atoms with E-state index in [4.69, 9.17) is 10.9 Å². The Kier molecular flexibility index (Phi) is 9.57. The third-order valence-corrected chi connectivity index (χ3v) is 4.91. The highest BCUT2D eigenvalue weighted by Gasteiger charge is 2.19. The molecule has 0 aliphatic heterocycles. The Morgan fingerprint density at radius 2 is 1.55 bits per heavy atom. The quantitative estimate of drug-likeness (QED) is 0.230. The van der Waals surface area contributed by atoms with Gasteiger partial charge in [0, 0.05) is 35.0 Å². The number of hydrogen-bond donors (Lipinski definition) is 5. The zero-order chi connectivity index (χ0) is 24.4. The smallest absolute Gasteiger partial charge is 0.267 e. The molecule has 3 amide bonds. The summed E-state index contributed by atoms with van der Waals surface area (Å²) in [5.74, 6) is 4.68. The summed E-state index contributed by atoms with van der Waals surface area (Å²) >= 11 is 0. The molecule has 1 atom stereocenters. The lowest BCUT2D eigenvalue weighted by Gasteiger charge is -2.20. The molecule has 33 heavy (non-hydrogen) atoms. The highest BCUT2D eigenvalue weighted by molar-refractivity contribution is 5.97. The number of hydroxylamine groups is 1. The van der Waals surface area contributed by atoms with Crippen LogP contribution in [0.25, 0.3) is 0 Å². The fraction of sp³-hybridized carbons (Fsp3) is 0.292. The van der Waals surface area contributed by atoms with Crippen molar-refractivity contribution in [1.82, 2.24) is 15.7 Å². The van der Waals surface area contributed by atoms with E-state index < -0.39 is 17.9 Å². The topological polar surface area (TPSA) is 137 Å². The van der Waals surface area contributed by atoms with Gasteiger partial charge in [0.15, 0.2) is 0 Å². The molecular weight excluding hydrogens is 422 g/mol. The number of likely N-dealkylation sites (N-methyl/N-ethyl adjacent to an activating group) is 1. The predicted molar refractivity (Wildman–Crippen MR) is 125 cm³/mol. The largest absolute Gasteiger partial charge is 0.339 e. The van der Waals surface area contributed by atoms with E-state index in [1.807, 2.05) is 37.9 Å². The number of nitrogens with one attached hydrogen (secondary N) is 3. The second-order valence-corrected chi connectivity index (χ2v) is 7.70. The van der Waals surface area contributed by atoms with Gasteiger partial charge in [-0.3, -0.25) is 24.5 Å². The predicted octanol–water partition coefficient (Wildman–Crippen LogP) is 0.928. The Hall–Kier alpha value is -3.71. The molecular formula is C24H29N5O4. The van der Waals surface area contributed by atoms with Crippen molar-refractivity contribution in [2.45, 2.75) is 25.9 Å². The molecule has 0 heterocycles. The molecule has 2 aromatic carbocycles. The summed E-state index contributed by atoms with van der Waals surface area (Å²) in [7, 11) is 1.90. The lowest BCUT2D eigenvalue weighted by atomic mass is 10.1. The summed E-state index contributed by atoms with van der Waals surface area (Å²) in [6.45, 7) is 4.21. The van der Waals surface area contributed by atoms with Gasteiger partial charge >= 0.3 is 0 Å². The minimum Gasteiger partial charge on any atom is -0.339 e. The summed E-state index contributed by atoms with van der Waals surface area (Å²) in [5, 5.41) is 14.0. The van der Waals surface area contributed by atoms with Crippen LogP contribution in [0.3, 0.4) is 0 Å². The van der Waals surface area contributed by atoms with Crippen molar-refractivity contribution in [3.05, 3.63) is 65.2 Å². The molecule has 2 rings (SSSR count). The Bertz CT molecular complexity index is 1020. The molecule has 0 fully saturated rings. The number of anilines is 1. The molecule has 2 aromatic rings. The number of hydrogen-bond acceptors (Lipinski definition) is 6. The van der Waals surface area contributed by atoms with Gasteiger partial charge in [0.1, 0.15) is 6.04 Å². The molecule has 0 spiro atoms. The molecule has 9 nitrogen and oxygen atoms in total. The molecule has 6 N–H and O–H groups in total. The van der Waals surface area contributed by atoms with E-state index >= 15 is 0 Å². The van der Waals surface area contributed by atoms with E-state index in [9.17, 15) is 14.4 Å². The first-order valence-electron chi connectivity index (χ1n) is 10.4. The monoisotopic (exact) mass is 451 g/mol. The van der Waals surface area contributed by atoms with E-state index in [1.165, 1.54) is 5.48 Å². The molecule has 0 unspecified atom stereocenters. The van der Waals surface area contributed by atoms with E-state index in [2.05, 4.69) is 22.5 Å². The third kappa shape index (κ3) is 8.05. The van der Waals surface area contributed by atoms with Crippen molar-refractivity contribution >= 4 is 23.4 Å². The van der Waals surface area contributed by atoms with Crippen molar-refractivity contribution in [1.29, 1.82) is 0 Å².